The Morgan fingerprint density at radius 2 is 2.24 bits per heavy atom. The molecule has 1 atom stereocenters. The van der Waals surface area contributed by atoms with Crippen LogP contribution in [0, 0.1) is 6.92 Å². The van der Waals surface area contributed by atoms with Gasteiger partial charge in [-0.25, -0.2) is 0 Å². The molecule has 0 spiro atoms. The van der Waals surface area contributed by atoms with E-state index in [4.69, 9.17) is 11.6 Å². The molecule has 90 valence electrons. The third kappa shape index (κ3) is 3.10. The number of hydrogen-bond donors (Lipinski definition) is 1. The van der Waals surface area contributed by atoms with Gasteiger partial charge in [-0.3, -0.25) is 0 Å². The van der Waals surface area contributed by atoms with Crippen molar-refractivity contribution < 1.29 is 5.11 Å². The third-order valence-electron chi connectivity index (χ3n) is 2.55. The lowest BCUT2D eigenvalue weighted by molar-refractivity contribution is 0.182. The first kappa shape index (κ1) is 13.1. The quantitative estimate of drug-likeness (QED) is 0.860. The second-order valence-electron chi connectivity index (χ2n) is 3.95. The Morgan fingerprint density at radius 1 is 1.47 bits per heavy atom. The fourth-order valence-corrected chi connectivity index (χ4v) is 3.41. The summed E-state index contributed by atoms with van der Waals surface area (Å²) in [4.78, 5) is 0.851. The molecule has 0 bridgehead atoms. The van der Waals surface area contributed by atoms with Crippen LogP contribution in [-0.4, -0.2) is 5.11 Å². The second kappa shape index (κ2) is 5.53. The van der Waals surface area contributed by atoms with Crippen molar-refractivity contribution in [3.05, 3.63) is 55.1 Å². The smallest absolute Gasteiger partial charge is 0.0937 e. The summed E-state index contributed by atoms with van der Waals surface area (Å²) in [5.41, 5.74) is 2.12. The standard InChI is InChI=1S/C13H12BrClOS/c1-8-7-17-13(12(8)15)11(16)6-9-3-2-4-10(14)5-9/h2-5,7,11,16H,6H2,1H3. The Labute approximate surface area is 118 Å². The summed E-state index contributed by atoms with van der Waals surface area (Å²) in [5.74, 6) is 0. The van der Waals surface area contributed by atoms with Gasteiger partial charge in [-0.2, -0.15) is 0 Å². The van der Waals surface area contributed by atoms with Crippen molar-refractivity contribution in [3.8, 4) is 0 Å². The maximum atomic E-state index is 10.2. The molecular weight excluding hydrogens is 320 g/mol. The van der Waals surface area contributed by atoms with Crippen LogP contribution < -0.4 is 0 Å². The number of aliphatic hydroxyl groups excluding tert-OH is 1. The molecule has 1 nitrogen and oxygen atoms in total. The number of halogens is 2. The molecule has 1 unspecified atom stereocenters. The van der Waals surface area contributed by atoms with Crippen LogP contribution in [0.2, 0.25) is 5.02 Å². The Balaban J connectivity index is 2.17. The van der Waals surface area contributed by atoms with Gasteiger partial charge in [-0.1, -0.05) is 39.7 Å². The monoisotopic (exact) mass is 330 g/mol. The van der Waals surface area contributed by atoms with E-state index in [0.717, 1.165) is 20.5 Å². The lowest BCUT2D eigenvalue weighted by Crippen LogP contribution is -2.00. The molecule has 1 aromatic carbocycles. The van der Waals surface area contributed by atoms with E-state index in [0.29, 0.717) is 11.4 Å². The normalized spacial score (nSPS) is 12.7. The van der Waals surface area contributed by atoms with Crippen molar-refractivity contribution in [2.24, 2.45) is 0 Å². The molecule has 0 fully saturated rings. The molecule has 0 saturated heterocycles. The molecule has 1 heterocycles. The lowest BCUT2D eigenvalue weighted by atomic mass is 10.1. The zero-order valence-corrected chi connectivity index (χ0v) is 12.4. The summed E-state index contributed by atoms with van der Waals surface area (Å²) in [6.07, 6.45) is 0.0505. The van der Waals surface area contributed by atoms with E-state index in [1.807, 2.05) is 36.6 Å². The van der Waals surface area contributed by atoms with Crippen molar-refractivity contribution in [1.29, 1.82) is 0 Å². The summed E-state index contributed by atoms with van der Waals surface area (Å²) >= 11 is 11.1. The highest BCUT2D eigenvalue weighted by Gasteiger charge is 2.15. The minimum absolute atomic E-state index is 0.532. The van der Waals surface area contributed by atoms with Crippen LogP contribution in [0.15, 0.2) is 34.1 Å². The molecule has 0 aliphatic carbocycles. The van der Waals surface area contributed by atoms with Crippen LogP contribution in [0.5, 0.6) is 0 Å². The van der Waals surface area contributed by atoms with Gasteiger partial charge in [-0.15, -0.1) is 11.3 Å². The molecule has 0 amide bonds. The zero-order chi connectivity index (χ0) is 12.4. The van der Waals surface area contributed by atoms with Gasteiger partial charge in [0, 0.05) is 10.9 Å². The molecule has 1 N–H and O–H groups in total. The molecule has 1 aromatic heterocycles. The number of aliphatic hydroxyl groups is 1. The van der Waals surface area contributed by atoms with E-state index in [-0.39, 0.29) is 0 Å². The van der Waals surface area contributed by atoms with E-state index in [2.05, 4.69) is 15.9 Å². The van der Waals surface area contributed by atoms with Crippen LogP contribution in [0.1, 0.15) is 22.1 Å². The van der Waals surface area contributed by atoms with Crippen LogP contribution in [0.3, 0.4) is 0 Å². The van der Waals surface area contributed by atoms with Crippen LogP contribution >= 0.6 is 38.9 Å². The van der Waals surface area contributed by atoms with Gasteiger partial charge in [0.25, 0.3) is 0 Å². The van der Waals surface area contributed by atoms with Crippen molar-refractivity contribution in [2.45, 2.75) is 19.4 Å². The van der Waals surface area contributed by atoms with Gasteiger partial charge in [0.05, 0.1) is 16.0 Å². The molecule has 0 radical (unpaired) electrons. The van der Waals surface area contributed by atoms with Gasteiger partial charge in [0.15, 0.2) is 0 Å². The molecule has 0 saturated carbocycles. The maximum Gasteiger partial charge on any atom is 0.0937 e. The molecular formula is C13H12BrClOS. The maximum absolute atomic E-state index is 10.2. The van der Waals surface area contributed by atoms with E-state index in [1.165, 1.54) is 11.3 Å². The summed E-state index contributed by atoms with van der Waals surface area (Å²) in [6.45, 7) is 1.95. The minimum atomic E-state index is -0.532. The summed E-state index contributed by atoms with van der Waals surface area (Å²) in [7, 11) is 0. The topological polar surface area (TPSA) is 20.2 Å². The fraction of sp³-hybridized carbons (Fsp3) is 0.231. The molecule has 4 heteroatoms. The van der Waals surface area contributed by atoms with Crippen molar-refractivity contribution in [1.82, 2.24) is 0 Å². The van der Waals surface area contributed by atoms with Crippen LogP contribution in [0.25, 0.3) is 0 Å². The summed E-state index contributed by atoms with van der Waals surface area (Å²) < 4.78 is 1.02. The molecule has 17 heavy (non-hydrogen) atoms. The fourth-order valence-electron chi connectivity index (χ4n) is 1.65. The van der Waals surface area contributed by atoms with Crippen molar-refractivity contribution >= 4 is 38.9 Å². The molecule has 2 rings (SSSR count). The number of aryl methyl sites for hydroxylation is 1. The number of rotatable bonds is 3. The molecule has 2 aromatic rings. The number of benzene rings is 1. The van der Waals surface area contributed by atoms with Gasteiger partial charge in [0.2, 0.25) is 0 Å². The van der Waals surface area contributed by atoms with Crippen LogP contribution in [0.4, 0.5) is 0 Å². The highest BCUT2D eigenvalue weighted by Crippen LogP contribution is 2.34. The predicted molar refractivity (Wildman–Crippen MR) is 76.9 cm³/mol. The van der Waals surface area contributed by atoms with Gasteiger partial charge >= 0.3 is 0 Å². The summed E-state index contributed by atoms with van der Waals surface area (Å²) in [5, 5.41) is 12.8. The van der Waals surface area contributed by atoms with Gasteiger partial charge in [-0.05, 0) is 35.6 Å². The predicted octanol–water partition coefficient (Wildman–Crippen LogP) is 4.75. The largest absolute Gasteiger partial charge is 0.387 e. The third-order valence-corrected chi connectivity index (χ3v) is 4.85. The first-order valence-corrected chi connectivity index (χ1v) is 7.29. The average Bonchev–Trinajstić information content (AvgIpc) is 2.60. The minimum Gasteiger partial charge on any atom is -0.387 e. The lowest BCUT2D eigenvalue weighted by Gasteiger charge is -2.10. The summed E-state index contributed by atoms with van der Waals surface area (Å²) in [6, 6.07) is 7.95. The van der Waals surface area contributed by atoms with Crippen molar-refractivity contribution in [2.75, 3.05) is 0 Å². The Morgan fingerprint density at radius 3 is 2.82 bits per heavy atom. The van der Waals surface area contributed by atoms with Crippen LogP contribution in [-0.2, 0) is 6.42 Å². The van der Waals surface area contributed by atoms with E-state index >= 15 is 0 Å². The number of thiophene rings is 1. The van der Waals surface area contributed by atoms with E-state index in [1.54, 1.807) is 0 Å². The van der Waals surface area contributed by atoms with E-state index in [9.17, 15) is 5.11 Å². The highest BCUT2D eigenvalue weighted by molar-refractivity contribution is 9.10. The molecule has 0 aliphatic heterocycles. The SMILES string of the molecule is Cc1csc(C(O)Cc2cccc(Br)c2)c1Cl. The zero-order valence-electron chi connectivity index (χ0n) is 9.28. The Hall–Kier alpha value is -0.350. The average molecular weight is 332 g/mol. The Kier molecular flexibility index (Phi) is 4.26. The highest BCUT2D eigenvalue weighted by atomic mass is 79.9. The second-order valence-corrected chi connectivity index (χ2v) is 6.15. The first-order valence-electron chi connectivity index (χ1n) is 5.24. The number of hydrogen-bond acceptors (Lipinski definition) is 2. The first-order chi connectivity index (χ1) is 8.08. The van der Waals surface area contributed by atoms with Gasteiger partial charge < -0.3 is 5.11 Å². The molecule has 0 aliphatic rings. The van der Waals surface area contributed by atoms with E-state index < -0.39 is 6.10 Å². The van der Waals surface area contributed by atoms with Crippen molar-refractivity contribution in [3.63, 3.8) is 0 Å². The van der Waals surface area contributed by atoms with Gasteiger partial charge in [0.1, 0.15) is 0 Å². The Bertz CT molecular complexity index is 524.